The second-order valence-electron chi connectivity index (χ2n) is 12.9. The maximum Gasteiger partial charge on any atom is 0.253 e. The first kappa shape index (κ1) is 29.3. The van der Waals surface area contributed by atoms with Gasteiger partial charge < -0.3 is 15.2 Å². The Morgan fingerprint density at radius 1 is 0.977 bits per heavy atom. The van der Waals surface area contributed by atoms with Gasteiger partial charge in [0.15, 0.2) is 0 Å². The highest BCUT2D eigenvalue weighted by Crippen LogP contribution is 2.34. The van der Waals surface area contributed by atoms with Crippen molar-refractivity contribution in [2.24, 2.45) is 11.8 Å². The second kappa shape index (κ2) is 12.1. The van der Waals surface area contributed by atoms with Crippen LogP contribution in [0.1, 0.15) is 69.7 Å². The molecule has 1 aromatic carbocycles. The summed E-state index contributed by atoms with van der Waals surface area (Å²) in [6.07, 6.45) is 4.99. The molecule has 2 aromatic heterocycles. The lowest BCUT2D eigenvalue weighted by atomic mass is 9.91. The first-order valence-electron chi connectivity index (χ1n) is 15.8. The van der Waals surface area contributed by atoms with E-state index in [4.69, 9.17) is 4.98 Å². The van der Waals surface area contributed by atoms with Gasteiger partial charge in [-0.25, -0.2) is 4.98 Å². The topological polar surface area (TPSA) is 98.4 Å². The van der Waals surface area contributed by atoms with E-state index in [1.807, 2.05) is 39.8 Å². The Bertz CT molecular complexity index is 1610. The van der Waals surface area contributed by atoms with Gasteiger partial charge in [0.05, 0.1) is 0 Å². The van der Waals surface area contributed by atoms with Crippen LogP contribution in [0.25, 0.3) is 11.1 Å². The van der Waals surface area contributed by atoms with Crippen molar-refractivity contribution in [3.8, 4) is 11.1 Å². The fraction of sp³-hybridized carbons (Fsp3) is 0.486. The number of nitrogens with one attached hydrogen (secondary N) is 2. The number of hydrogen-bond acceptors (Lipinski definition) is 6. The zero-order valence-corrected chi connectivity index (χ0v) is 25.9. The molecule has 0 bridgehead atoms. The molecular formula is C35H43N5O3. The molecule has 6 rings (SSSR count). The number of H-pyrrole nitrogens is 1. The van der Waals surface area contributed by atoms with Gasteiger partial charge in [0.25, 0.3) is 11.5 Å². The average molecular weight is 582 g/mol. The minimum absolute atomic E-state index is 0.128. The van der Waals surface area contributed by atoms with E-state index in [0.29, 0.717) is 17.5 Å². The first-order chi connectivity index (χ1) is 20.7. The number of aromatic amines is 1. The molecule has 1 amide bonds. The summed E-state index contributed by atoms with van der Waals surface area (Å²) in [5, 5.41) is 2.97. The van der Waals surface area contributed by atoms with Crippen LogP contribution in [0.5, 0.6) is 0 Å². The van der Waals surface area contributed by atoms with E-state index in [-0.39, 0.29) is 29.7 Å². The lowest BCUT2D eigenvalue weighted by Crippen LogP contribution is -2.47. The molecule has 3 heterocycles. The lowest BCUT2D eigenvalue weighted by Gasteiger charge is -2.35. The molecule has 8 heteroatoms. The highest BCUT2D eigenvalue weighted by Gasteiger charge is 2.30. The number of anilines is 1. The lowest BCUT2D eigenvalue weighted by molar-refractivity contribution is -0.119. The first-order valence-corrected chi connectivity index (χ1v) is 15.8. The fourth-order valence-electron chi connectivity index (χ4n) is 6.31. The van der Waals surface area contributed by atoms with Gasteiger partial charge in [0.1, 0.15) is 11.6 Å². The van der Waals surface area contributed by atoms with Crippen molar-refractivity contribution in [1.29, 1.82) is 0 Å². The van der Waals surface area contributed by atoms with Crippen LogP contribution in [0.4, 0.5) is 5.82 Å². The Labute approximate surface area is 253 Å². The van der Waals surface area contributed by atoms with Crippen molar-refractivity contribution in [3.05, 3.63) is 79.9 Å². The Morgan fingerprint density at radius 2 is 1.72 bits per heavy atom. The number of nitrogens with zero attached hydrogens (tertiary/aromatic N) is 3. The van der Waals surface area contributed by atoms with Crippen LogP contribution in [-0.4, -0.2) is 59.3 Å². The van der Waals surface area contributed by atoms with Crippen molar-refractivity contribution in [3.63, 3.8) is 0 Å². The van der Waals surface area contributed by atoms with Crippen molar-refractivity contribution >= 4 is 17.5 Å². The molecule has 43 heavy (non-hydrogen) atoms. The Balaban J connectivity index is 1.25. The fourth-order valence-corrected chi connectivity index (χ4v) is 6.31. The number of aryl methyl sites for hydroxylation is 3. The summed E-state index contributed by atoms with van der Waals surface area (Å²) in [4.78, 5) is 51.8. The van der Waals surface area contributed by atoms with E-state index in [0.717, 1.165) is 90.0 Å². The van der Waals surface area contributed by atoms with Gasteiger partial charge in [-0.1, -0.05) is 6.07 Å². The summed E-state index contributed by atoms with van der Waals surface area (Å²) in [6, 6.07) is 10.1. The van der Waals surface area contributed by atoms with Crippen molar-refractivity contribution in [1.82, 2.24) is 20.2 Å². The standard InChI is InChI=1S/C35H43N5O3/c1-21-15-22(2)37-35(43)31(21)19-36-34(42)30-17-28(16-27(23(30)3)18-32(41)26-7-8-26)29-9-10-33(38-24(29)4)40-13-11-39(12-14-40)20-25-5-6-25/h9-10,15-17,25-26H,5-8,11-14,18-20H2,1-4H3,(H,36,42)(H,37,43). The summed E-state index contributed by atoms with van der Waals surface area (Å²) in [7, 11) is 0. The molecular weight excluding hydrogens is 538 g/mol. The van der Waals surface area contributed by atoms with Crippen LogP contribution in [0.15, 0.2) is 35.1 Å². The molecule has 2 aliphatic carbocycles. The van der Waals surface area contributed by atoms with Crippen LogP contribution in [0.2, 0.25) is 0 Å². The predicted molar refractivity (Wildman–Crippen MR) is 170 cm³/mol. The average Bonchev–Trinajstić information content (AvgIpc) is 3.89. The number of benzene rings is 1. The number of rotatable bonds is 10. The van der Waals surface area contributed by atoms with E-state index in [2.05, 4.69) is 38.3 Å². The zero-order valence-electron chi connectivity index (χ0n) is 25.9. The van der Waals surface area contributed by atoms with Crippen LogP contribution >= 0.6 is 0 Å². The van der Waals surface area contributed by atoms with Gasteiger partial charge in [0.2, 0.25) is 0 Å². The van der Waals surface area contributed by atoms with Gasteiger partial charge in [-0.05, 0) is 106 Å². The normalized spacial score (nSPS) is 17.3. The van der Waals surface area contributed by atoms with Gasteiger partial charge in [-0.2, -0.15) is 0 Å². The number of hydrogen-bond donors (Lipinski definition) is 2. The summed E-state index contributed by atoms with van der Waals surface area (Å²) >= 11 is 0. The molecule has 3 fully saturated rings. The molecule has 2 saturated carbocycles. The number of carbonyl (C=O) groups excluding carboxylic acids is 2. The van der Waals surface area contributed by atoms with E-state index < -0.39 is 0 Å². The number of amides is 1. The third kappa shape index (κ3) is 6.74. The van der Waals surface area contributed by atoms with Gasteiger partial charge >= 0.3 is 0 Å². The van der Waals surface area contributed by atoms with Gasteiger partial charge in [-0.3, -0.25) is 19.3 Å². The minimum atomic E-state index is -0.259. The number of pyridine rings is 2. The van der Waals surface area contributed by atoms with Gasteiger partial charge in [-0.15, -0.1) is 0 Å². The number of Topliss-reactive ketones (excluding diaryl/α,β-unsaturated/α-hetero) is 1. The second-order valence-corrected chi connectivity index (χ2v) is 12.9. The Kier molecular flexibility index (Phi) is 8.23. The van der Waals surface area contributed by atoms with Crippen molar-refractivity contribution < 1.29 is 9.59 Å². The number of carbonyl (C=O) groups is 2. The quantitative estimate of drug-likeness (QED) is 0.362. The predicted octanol–water partition coefficient (Wildman–Crippen LogP) is 4.65. The van der Waals surface area contributed by atoms with Crippen molar-refractivity contribution in [2.75, 3.05) is 37.6 Å². The summed E-state index contributed by atoms with van der Waals surface area (Å²) < 4.78 is 0. The maximum absolute atomic E-state index is 13.6. The van der Waals surface area contributed by atoms with Crippen LogP contribution in [0.3, 0.4) is 0 Å². The summed E-state index contributed by atoms with van der Waals surface area (Å²) in [6.45, 7) is 13.1. The molecule has 3 aromatic rings. The molecule has 0 unspecified atom stereocenters. The molecule has 0 radical (unpaired) electrons. The molecule has 0 spiro atoms. The third-order valence-corrected chi connectivity index (χ3v) is 9.37. The largest absolute Gasteiger partial charge is 0.354 e. The number of piperazine rings is 1. The molecule has 226 valence electrons. The number of aromatic nitrogens is 2. The Hall–Kier alpha value is -3.78. The zero-order chi connectivity index (χ0) is 30.2. The SMILES string of the molecule is Cc1cc(C)c(CNC(=O)c2cc(-c3ccc(N4CCN(CC5CC5)CC4)nc3C)cc(CC(=O)C3CC3)c2C)c(=O)[nH]1. The monoisotopic (exact) mass is 581 g/mol. The van der Waals surface area contributed by atoms with Crippen LogP contribution in [-0.2, 0) is 17.8 Å². The van der Waals surface area contributed by atoms with Crippen LogP contribution < -0.4 is 15.8 Å². The highest BCUT2D eigenvalue weighted by atomic mass is 16.2. The maximum atomic E-state index is 13.6. The minimum Gasteiger partial charge on any atom is -0.354 e. The van der Waals surface area contributed by atoms with E-state index >= 15 is 0 Å². The molecule has 3 aliphatic rings. The molecule has 0 atom stereocenters. The van der Waals surface area contributed by atoms with Crippen LogP contribution in [0, 0.1) is 39.5 Å². The van der Waals surface area contributed by atoms with Gasteiger partial charge in [0, 0.05) is 79.7 Å². The van der Waals surface area contributed by atoms with Crippen molar-refractivity contribution in [2.45, 2.75) is 66.3 Å². The van der Waals surface area contributed by atoms with E-state index in [1.165, 1.54) is 19.4 Å². The third-order valence-electron chi connectivity index (χ3n) is 9.37. The summed E-state index contributed by atoms with van der Waals surface area (Å²) in [5.41, 5.74) is 6.91. The summed E-state index contributed by atoms with van der Waals surface area (Å²) in [5.74, 6) is 2.01. The highest BCUT2D eigenvalue weighted by molar-refractivity contribution is 5.98. The van der Waals surface area contributed by atoms with E-state index in [9.17, 15) is 14.4 Å². The molecule has 8 nitrogen and oxygen atoms in total. The van der Waals surface area contributed by atoms with E-state index in [1.54, 1.807) is 0 Å². The molecule has 1 saturated heterocycles. The smallest absolute Gasteiger partial charge is 0.253 e. The Morgan fingerprint density at radius 3 is 2.37 bits per heavy atom. The molecule has 2 N–H and O–H groups in total. The molecule has 1 aliphatic heterocycles. The number of ketones is 1.